The zero-order chi connectivity index (χ0) is 12.4. The van der Waals surface area contributed by atoms with Crippen molar-refractivity contribution in [3.05, 3.63) is 53.5 Å². The molecule has 0 fully saturated rings. The number of halogens is 1. The van der Waals surface area contributed by atoms with E-state index in [9.17, 15) is 9.18 Å². The van der Waals surface area contributed by atoms with Crippen molar-refractivity contribution in [2.24, 2.45) is 0 Å². The fraction of sp³-hybridized carbons (Fsp3) is 0.143. The minimum Gasteiger partial charge on any atom is -0.295 e. The van der Waals surface area contributed by atoms with Crippen LogP contribution >= 0.6 is 0 Å². The monoisotopic (exact) mass is 229 g/mol. The molecule has 17 heavy (non-hydrogen) atoms. The molecule has 3 heteroatoms. The van der Waals surface area contributed by atoms with Crippen LogP contribution in [0.25, 0.3) is 11.3 Å². The molecule has 1 aromatic carbocycles. The van der Waals surface area contributed by atoms with Crippen LogP contribution in [0.3, 0.4) is 0 Å². The summed E-state index contributed by atoms with van der Waals surface area (Å²) < 4.78 is 12.7. The first-order valence-corrected chi connectivity index (χ1v) is 5.31. The first kappa shape index (κ1) is 11.5. The molecule has 0 atom stereocenters. The van der Waals surface area contributed by atoms with Gasteiger partial charge < -0.3 is 0 Å². The highest BCUT2D eigenvalue weighted by Crippen LogP contribution is 2.20. The SMILES string of the molecule is CC(=O)c1ccc(-c2ccc(F)cn2)cc1C. The minimum absolute atomic E-state index is 0.0427. The van der Waals surface area contributed by atoms with Gasteiger partial charge in [-0.25, -0.2) is 4.39 Å². The number of ketones is 1. The van der Waals surface area contributed by atoms with Gasteiger partial charge in [0, 0.05) is 11.1 Å². The van der Waals surface area contributed by atoms with E-state index >= 15 is 0 Å². The summed E-state index contributed by atoms with van der Waals surface area (Å²) in [7, 11) is 0. The van der Waals surface area contributed by atoms with Crippen molar-refractivity contribution in [3.63, 3.8) is 0 Å². The lowest BCUT2D eigenvalue weighted by Gasteiger charge is -2.05. The van der Waals surface area contributed by atoms with Crippen LogP contribution in [0.4, 0.5) is 4.39 Å². The standard InChI is InChI=1S/C14H12FNO/c1-9-7-11(3-5-13(9)10(2)17)14-6-4-12(15)8-16-14/h3-8H,1-2H3. The predicted octanol–water partition coefficient (Wildman–Crippen LogP) is 3.40. The number of aryl methyl sites for hydroxylation is 1. The fourth-order valence-corrected chi connectivity index (χ4v) is 1.76. The Balaban J connectivity index is 2.44. The molecule has 0 aliphatic carbocycles. The van der Waals surface area contributed by atoms with Crippen molar-refractivity contribution in [2.45, 2.75) is 13.8 Å². The number of benzene rings is 1. The second-order valence-corrected chi connectivity index (χ2v) is 3.95. The maximum Gasteiger partial charge on any atom is 0.160 e. The van der Waals surface area contributed by atoms with Crippen LogP contribution in [0.1, 0.15) is 22.8 Å². The topological polar surface area (TPSA) is 30.0 Å². The van der Waals surface area contributed by atoms with E-state index in [0.29, 0.717) is 11.3 Å². The second kappa shape index (κ2) is 4.45. The fourth-order valence-electron chi connectivity index (χ4n) is 1.76. The normalized spacial score (nSPS) is 10.3. The molecular weight excluding hydrogens is 217 g/mol. The van der Waals surface area contributed by atoms with Gasteiger partial charge >= 0.3 is 0 Å². The van der Waals surface area contributed by atoms with E-state index in [1.165, 1.54) is 19.2 Å². The summed E-state index contributed by atoms with van der Waals surface area (Å²) in [5, 5.41) is 0. The zero-order valence-corrected chi connectivity index (χ0v) is 9.70. The Kier molecular flexibility index (Phi) is 3.00. The first-order valence-electron chi connectivity index (χ1n) is 5.31. The highest BCUT2D eigenvalue weighted by atomic mass is 19.1. The van der Waals surface area contributed by atoms with Gasteiger partial charge in [0.1, 0.15) is 5.82 Å². The van der Waals surface area contributed by atoms with Gasteiger partial charge in [-0.3, -0.25) is 9.78 Å². The maximum atomic E-state index is 12.7. The van der Waals surface area contributed by atoms with Gasteiger partial charge in [0.2, 0.25) is 0 Å². The van der Waals surface area contributed by atoms with E-state index in [4.69, 9.17) is 0 Å². The molecule has 0 radical (unpaired) electrons. The summed E-state index contributed by atoms with van der Waals surface area (Å²) in [6, 6.07) is 8.48. The summed E-state index contributed by atoms with van der Waals surface area (Å²) in [4.78, 5) is 15.3. The van der Waals surface area contributed by atoms with Crippen LogP contribution in [0.2, 0.25) is 0 Å². The number of rotatable bonds is 2. The molecule has 1 heterocycles. The van der Waals surface area contributed by atoms with Crippen molar-refractivity contribution in [2.75, 3.05) is 0 Å². The highest BCUT2D eigenvalue weighted by molar-refractivity contribution is 5.96. The molecule has 0 aliphatic heterocycles. The van der Waals surface area contributed by atoms with Crippen LogP contribution in [0.15, 0.2) is 36.5 Å². The zero-order valence-electron chi connectivity index (χ0n) is 9.70. The van der Waals surface area contributed by atoms with E-state index in [-0.39, 0.29) is 11.6 Å². The summed E-state index contributed by atoms with van der Waals surface area (Å²) in [5.74, 6) is -0.313. The molecule has 2 aromatic rings. The van der Waals surface area contributed by atoms with Crippen molar-refractivity contribution in [1.29, 1.82) is 0 Å². The van der Waals surface area contributed by atoms with Gasteiger partial charge in [0.25, 0.3) is 0 Å². The Morgan fingerprint density at radius 3 is 2.53 bits per heavy atom. The van der Waals surface area contributed by atoms with Crippen molar-refractivity contribution in [3.8, 4) is 11.3 Å². The molecule has 0 N–H and O–H groups in total. The average Bonchev–Trinajstić information content (AvgIpc) is 2.29. The third kappa shape index (κ3) is 2.38. The number of hydrogen-bond acceptors (Lipinski definition) is 2. The van der Waals surface area contributed by atoms with Crippen molar-refractivity contribution < 1.29 is 9.18 Å². The van der Waals surface area contributed by atoms with Crippen LogP contribution in [0.5, 0.6) is 0 Å². The molecule has 0 aliphatic rings. The average molecular weight is 229 g/mol. The van der Waals surface area contributed by atoms with E-state index in [0.717, 1.165) is 11.1 Å². The van der Waals surface area contributed by atoms with Gasteiger partial charge in [-0.15, -0.1) is 0 Å². The summed E-state index contributed by atoms with van der Waals surface area (Å²) in [6.45, 7) is 3.42. The van der Waals surface area contributed by atoms with Crippen LogP contribution in [-0.2, 0) is 0 Å². The largest absolute Gasteiger partial charge is 0.295 e. The molecule has 1 aromatic heterocycles. The quantitative estimate of drug-likeness (QED) is 0.739. The lowest BCUT2D eigenvalue weighted by atomic mass is 10.0. The van der Waals surface area contributed by atoms with Crippen molar-refractivity contribution >= 4 is 5.78 Å². The summed E-state index contributed by atoms with van der Waals surface area (Å²) in [6.07, 6.45) is 1.18. The molecule has 2 rings (SSSR count). The Labute approximate surface area is 99.1 Å². The molecule has 2 nitrogen and oxygen atoms in total. The third-order valence-corrected chi connectivity index (χ3v) is 2.63. The number of carbonyl (C=O) groups excluding carboxylic acids is 1. The molecule has 0 amide bonds. The number of aromatic nitrogens is 1. The predicted molar refractivity (Wildman–Crippen MR) is 64.4 cm³/mol. The second-order valence-electron chi connectivity index (χ2n) is 3.95. The van der Waals surface area contributed by atoms with Crippen molar-refractivity contribution in [1.82, 2.24) is 4.98 Å². The molecule has 0 spiro atoms. The number of nitrogens with zero attached hydrogens (tertiary/aromatic N) is 1. The third-order valence-electron chi connectivity index (χ3n) is 2.63. The lowest BCUT2D eigenvalue weighted by Crippen LogP contribution is -1.96. The summed E-state index contributed by atoms with van der Waals surface area (Å²) in [5.41, 5.74) is 3.19. The van der Waals surface area contributed by atoms with E-state index in [2.05, 4.69) is 4.98 Å². The molecule has 0 bridgehead atoms. The van der Waals surface area contributed by atoms with Gasteiger partial charge in [-0.2, -0.15) is 0 Å². The van der Waals surface area contributed by atoms with Crippen LogP contribution in [0, 0.1) is 12.7 Å². The van der Waals surface area contributed by atoms with E-state index < -0.39 is 0 Å². The molecule has 0 saturated carbocycles. The van der Waals surface area contributed by atoms with Gasteiger partial charge in [0.05, 0.1) is 11.9 Å². The molecular formula is C14H12FNO. The Morgan fingerprint density at radius 1 is 1.24 bits per heavy atom. The Bertz CT molecular complexity index is 561. The number of carbonyl (C=O) groups is 1. The van der Waals surface area contributed by atoms with E-state index in [1.54, 1.807) is 12.1 Å². The molecule has 86 valence electrons. The lowest BCUT2D eigenvalue weighted by molar-refractivity contribution is 0.101. The number of pyridine rings is 1. The Morgan fingerprint density at radius 2 is 2.00 bits per heavy atom. The highest BCUT2D eigenvalue weighted by Gasteiger charge is 2.06. The maximum absolute atomic E-state index is 12.7. The molecule has 0 unspecified atom stereocenters. The molecule has 0 saturated heterocycles. The van der Waals surface area contributed by atoms with Gasteiger partial charge in [-0.1, -0.05) is 12.1 Å². The number of hydrogen-bond donors (Lipinski definition) is 0. The van der Waals surface area contributed by atoms with E-state index in [1.807, 2.05) is 19.1 Å². The van der Waals surface area contributed by atoms with Gasteiger partial charge in [0.15, 0.2) is 5.78 Å². The van der Waals surface area contributed by atoms with Gasteiger partial charge in [-0.05, 0) is 37.6 Å². The smallest absolute Gasteiger partial charge is 0.160 e. The number of Topliss-reactive ketones (excluding diaryl/α,β-unsaturated/α-hetero) is 1. The minimum atomic E-state index is -0.356. The summed E-state index contributed by atoms with van der Waals surface area (Å²) >= 11 is 0. The Hall–Kier alpha value is -2.03. The van der Waals surface area contributed by atoms with Crippen LogP contribution in [-0.4, -0.2) is 10.8 Å². The first-order chi connectivity index (χ1) is 8.08. The van der Waals surface area contributed by atoms with Crippen LogP contribution < -0.4 is 0 Å².